The minimum Gasteiger partial charge on any atom is -0.370 e. The molecule has 0 aromatic carbocycles. The van der Waals surface area contributed by atoms with E-state index in [1.165, 1.54) is 0 Å². The van der Waals surface area contributed by atoms with Gasteiger partial charge in [-0.25, -0.2) is 9.97 Å². The molecule has 1 atom stereocenters. The van der Waals surface area contributed by atoms with E-state index in [0.717, 1.165) is 42.1 Å². The van der Waals surface area contributed by atoms with E-state index >= 15 is 0 Å². The molecule has 21 heavy (non-hydrogen) atoms. The summed E-state index contributed by atoms with van der Waals surface area (Å²) < 4.78 is 0. The van der Waals surface area contributed by atoms with E-state index < -0.39 is 0 Å². The van der Waals surface area contributed by atoms with E-state index in [2.05, 4.69) is 52.4 Å². The van der Waals surface area contributed by atoms with Crippen molar-refractivity contribution in [2.45, 2.75) is 39.7 Å². The third kappa shape index (κ3) is 3.90. The summed E-state index contributed by atoms with van der Waals surface area (Å²) >= 11 is 0. The fraction of sp³-hybridized carbons (Fsp3) is 0.438. The largest absolute Gasteiger partial charge is 0.370 e. The van der Waals surface area contributed by atoms with Gasteiger partial charge in [0.2, 0.25) is 0 Å². The van der Waals surface area contributed by atoms with E-state index in [9.17, 15) is 0 Å². The number of rotatable bonds is 7. The van der Waals surface area contributed by atoms with Crippen LogP contribution < -0.4 is 10.6 Å². The second kappa shape index (κ2) is 7.57. The lowest BCUT2D eigenvalue weighted by molar-refractivity contribution is 0.841. The molecular weight excluding hydrogens is 262 g/mol. The maximum Gasteiger partial charge on any atom is 0.135 e. The van der Waals surface area contributed by atoms with Crippen molar-refractivity contribution in [3.8, 4) is 0 Å². The molecule has 0 aliphatic heterocycles. The standard InChI is InChI=1S/C16H23N5/c1-4-7-14-15(18-5-2)19-11-20-16(14)21-12(3)13-8-6-9-17-10-13/h6,8-12H,4-5,7H2,1-3H3,(H2,18,19,20,21). The summed E-state index contributed by atoms with van der Waals surface area (Å²) in [5.74, 6) is 1.83. The van der Waals surface area contributed by atoms with Gasteiger partial charge in [0.15, 0.2) is 0 Å². The average Bonchev–Trinajstić information content (AvgIpc) is 2.51. The van der Waals surface area contributed by atoms with Crippen LogP contribution >= 0.6 is 0 Å². The Balaban J connectivity index is 2.24. The Labute approximate surface area is 126 Å². The molecule has 1 unspecified atom stereocenters. The minimum atomic E-state index is 0.152. The van der Waals surface area contributed by atoms with Gasteiger partial charge in [-0.15, -0.1) is 0 Å². The van der Waals surface area contributed by atoms with Crippen molar-refractivity contribution in [2.75, 3.05) is 17.2 Å². The number of nitrogens with one attached hydrogen (secondary N) is 2. The van der Waals surface area contributed by atoms with Crippen molar-refractivity contribution in [1.82, 2.24) is 15.0 Å². The molecule has 2 aromatic heterocycles. The predicted octanol–water partition coefficient (Wildman–Crippen LogP) is 3.43. The summed E-state index contributed by atoms with van der Waals surface area (Å²) in [6.07, 6.45) is 7.28. The number of pyridine rings is 1. The first kappa shape index (κ1) is 15.2. The SMILES string of the molecule is CCCc1c(NCC)ncnc1NC(C)c1cccnc1. The van der Waals surface area contributed by atoms with Gasteiger partial charge in [0, 0.05) is 24.5 Å². The highest BCUT2D eigenvalue weighted by Gasteiger charge is 2.13. The molecular formula is C16H23N5. The van der Waals surface area contributed by atoms with E-state index in [1.807, 2.05) is 12.3 Å². The molecule has 2 aromatic rings. The van der Waals surface area contributed by atoms with Gasteiger partial charge in [-0.2, -0.15) is 0 Å². The Morgan fingerprint density at radius 3 is 2.67 bits per heavy atom. The van der Waals surface area contributed by atoms with Crippen LogP contribution in [-0.2, 0) is 6.42 Å². The molecule has 112 valence electrons. The lowest BCUT2D eigenvalue weighted by Gasteiger charge is -2.19. The third-order valence-corrected chi connectivity index (χ3v) is 3.33. The van der Waals surface area contributed by atoms with Gasteiger partial charge in [-0.1, -0.05) is 19.4 Å². The Bertz CT molecular complexity index is 556. The summed E-state index contributed by atoms with van der Waals surface area (Å²) in [7, 11) is 0. The fourth-order valence-electron chi connectivity index (χ4n) is 2.26. The highest BCUT2D eigenvalue weighted by molar-refractivity contribution is 5.58. The molecule has 0 fully saturated rings. The molecule has 0 saturated heterocycles. The van der Waals surface area contributed by atoms with Crippen LogP contribution in [0, 0.1) is 0 Å². The first-order valence-corrected chi connectivity index (χ1v) is 7.50. The van der Waals surface area contributed by atoms with Crippen LogP contribution in [0.25, 0.3) is 0 Å². The van der Waals surface area contributed by atoms with Gasteiger partial charge in [-0.05, 0) is 31.9 Å². The normalized spacial score (nSPS) is 12.0. The molecule has 0 amide bonds. The average molecular weight is 285 g/mol. The number of anilines is 2. The van der Waals surface area contributed by atoms with Crippen molar-refractivity contribution in [1.29, 1.82) is 0 Å². The van der Waals surface area contributed by atoms with Crippen molar-refractivity contribution in [3.63, 3.8) is 0 Å². The summed E-state index contributed by atoms with van der Waals surface area (Å²) in [6.45, 7) is 7.20. The quantitative estimate of drug-likeness (QED) is 0.816. The van der Waals surface area contributed by atoms with Gasteiger partial charge < -0.3 is 10.6 Å². The second-order valence-electron chi connectivity index (χ2n) is 4.98. The second-order valence-corrected chi connectivity index (χ2v) is 4.98. The van der Waals surface area contributed by atoms with Crippen LogP contribution in [0.4, 0.5) is 11.6 Å². The molecule has 5 heteroatoms. The number of aromatic nitrogens is 3. The summed E-state index contributed by atoms with van der Waals surface area (Å²) in [6, 6.07) is 4.17. The topological polar surface area (TPSA) is 62.7 Å². The van der Waals surface area contributed by atoms with Gasteiger partial charge in [0.25, 0.3) is 0 Å². The van der Waals surface area contributed by atoms with Crippen molar-refractivity contribution < 1.29 is 0 Å². The molecule has 2 heterocycles. The predicted molar refractivity (Wildman–Crippen MR) is 86.5 cm³/mol. The maximum absolute atomic E-state index is 4.42. The molecule has 0 bridgehead atoms. The van der Waals surface area contributed by atoms with Crippen molar-refractivity contribution in [2.24, 2.45) is 0 Å². The monoisotopic (exact) mass is 285 g/mol. The van der Waals surface area contributed by atoms with Crippen LogP contribution in [0.15, 0.2) is 30.9 Å². The highest BCUT2D eigenvalue weighted by Crippen LogP contribution is 2.25. The van der Waals surface area contributed by atoms with Crippen LogP contribution in [0.2, 0.25) is 0 Å². The van der Waals surface area contributed by atoms with E-state index in [-0.39, 0.29) is 6.04 Å². The number of hydrogen-bond acceptors (Lipinski definition) is 5. The van der Waals surface area contributed by atoms with E-state index in [1.54, 1.807) is 12.5 Å². The van der Waals surface area contributed by atoms with Gasteiger partial charge in [0.1, 0.15) is 18.0 Å². The third-order valence-electron chi connectivity index (χ3n) is 3.33. The fourth-order valence-corrected chi connectivity index (χ4v) is 2.26. The molecule has 0 radical (unpaired) electrons. The first-order chi connectivity index (χ1) is 10.3. The van der Waals surface area contributed by atoms with Crippen LogP contribution in [0.1, 0.15) is 44.4 Å². The lowest BCUT2D eigenvalue weighted by Crippen LogP contribution is -2.13. The van der Waals surface area contributed by atoms with Crippen LogP contribution in [-0.4, -0.2) is 21.5 Å². The molecule has 5 nitrogen and oxygen atoms in total. The van der Waals surface area contributed by atoms with E-state index in [0.29, 0.717) is 0 Å². The Hall–Kier alpha value is -2.17. The maximum atomic E-state index is 4.42. The smallest absolute Gasteiger partial charge is 0.135 e. The molecule has 2 N–H and O–H groups in total. The summed E-state index contributed by atoms with van der Waals surface area (Å²) in [5.41, 5.74) is 2.29. The Kier molecular flexibility index (Phi) is 5.49. The van der Waals surface area contributed by atoms with Gasteiger partial charge >= 0.3 is 0 Å². The summed E-state index contributed by atoms with van der Waals surface area (Å²) in [4.78, 5) is 12.9. The van der Waals surface area contributed by atoms with Gasteiger partial charge in [0.05, 0.1) is 6.04 Å². The van der Waals surface area contributed by atoms with Gasteiger partial charge in [-0.3, -0.25) is 4.98 Å². The molecule has 0 aliphatic rings. The minimum absolute atomic E-state index is 0.152. The van der Waals surface area contributed by atoms with Crippen molar-refractivity contribution >= 4 is 11.6 Å². The molecule has 0 saturated carbocycles. The zero-order valence-electron chi connectivity index (χ0n) is 12.9. The zero-order chi connectivity index (χ0) is 15.1. The number of hydrogen-bond donors (Lipinski definition) is 2. The molecule has 0 spiro atoms. The highest BCUT2D eigenvalue weighted by atomic mass is 15.1. The molecule has 2 rings (SSSR count). The Morgan fingerprint density at radius 2 is 2.00 bits per heavy atom. The summed E-state index contributed by atoms with van der Waals surface area (Å²) in [5, 5.41) is 6.79. The van der Waals surface area contributed by atoms with Crippen LogP contribution in [0.3, 0.4) is 0 Å². The first-order valence-electron chi connectivity index (χ1n) is 7.50. The van der Waals surface area contributed by atoms with Crippen molar-refractivity contribution in [3.05, 3.63) is 42.0 Å². The lowest BCUT2D eigenvalue weighted by atomic mass is 10.1. The zero-order valence-corrected chi connectivity index (χ0v) is 12.9. The van der Waals surface area contributed by atoms with E-state index in [4.69, 9.17) is 0 Å². The number of nitrogens with zero attached hydrogens (tertiary/aromatic N) is 3. The Morgan fingerprint density at radius 1 is 1.19 bits per heavy atom. The van der Waals surface area contributed by atoms with Crippen LogP contribution in [0.5, 0.6) is 0 Å². The molecule has 0 aliphatic carbocycles.